The molecular formula is C24H21N3O3S. The molecule has 0 saturated heterocycles. The number of carbonyl (C=O) groups is 1. The highest BCUT2D eigenvalue weighted by Crippen LogP contribution is 2.36. The number of aromatic nitrogens is 2. The predicted molar refractivity (Wildman–Crippen MR) is 120 cm³/mol. The van der Waals surface area contributed by atoms with Gasteiger partial charge in [0.1, 0.15) is 0 Å². The highest BCUT2D eigenvalue weighted by atomic mass is 32.1. The molecule has 1 aliphatic heterocycles. The maximum absolute atomic E-state index is 12.4. The fourth-order valence-corrected chi connectivity index (χ4v) is 4.17. The second-order valence-corrected chi connectivity index (χ2v) is 8.24. The van der Waals surface area contributed by atoms with Gasteiger partial charge in [0.15, 0.2) is 11.5 Å². The summed E-state index contributed by atoms with van der Waals surface area (Å²) < 4.78 is 12.8. The van der Waals surface area contributed by atoms with Crippen molar-refractivity contribution in [2.24, 2.45) is 0 Å². The minimum absolute atomic E-state index is 0.0255. The molecule has 156 valence electrons. The molecule has 0 unspecified atom stereocenters. The lowest BCUT2D eigenvalue weighted by Crippen LogP contribution is -2.22. The Morgan fingerprint density at radius 1 is 1.06 bits per heavy atom. The van der Waals surface area contributed by atoms with Crippen LogP contribution in [-0.4, -0.2) is 22.5 Å². The number of nitrogens with one attached hydrogen (secondary N) is 1. The minimum atomic E-state index is 0.0255. The lowest BCUT2D eigenvalue weighted by atomic mass is 10.0. The van der Waals surface area contributed by atoms with Crippen LogP contribution in [-0.2, 0) is 17.8 Å². The number of rotatable bonds is 7. The molecule has 7 heteroatoms. The quantitative estimate of drug-likeness (QED) is 0.465. The van der Waals surface area contributed by atoms with Crippen LogP contribution in [0.1, 0.15) is 16.9 Å². The molecule has 0 bridgehead atoms. The summed E-state index contributed by atoms with van der Waals surface area (Å²) in [7, 11) is 0. The zero-order chi connectivity index (χ0) is 21.0. The van der Waals surface area contributed by atoms with E-state index >= 15 is 0 Å². The van der Waals surface area contributed by atoms with Crippen molar-refractivity contribution < 1.29 is 14.3 Å². The lowest BCUT2D eigenvalue weighted by Gasteiger charge is -2.05. The number of aryl methyl sites for hydroxylation is 1. The van der Waals surface area contributed by atoms with Gasteiger partial charge in [0, 0.05) is 23.1 Å². The van der Waals surface area contributed by atoms with E-state index in [0.29, 0.717) is 25.1 Å². The van der Waals surface area contributed by atoms with Crippen LogP contribution in [0.2, 0.25) is 0 Å². The van der Waals surface area contributed by atoms with E-state index in [1.54, 1.807) is 11.3 Å². The zero-order valence-corrected chi connectivity index (χ0v) is 17.6. The van der Waals surface area contributed by atoms with Gasteiger partial charge in [-0.1, -0.05) is 24.3 Å². The van der Waals surface area contributed by atoms with E-state index in [9.17, 15) is 4.79 Å². The van der Waals surface area contributed by atoms with Gasteiger partial charge in [0.2, 0.25) is 12.7 Å². The first-order valence-corrected chi connectivity index (χ1v) is 11.0. The fourth-order valence-electron chi connectivity index (χ4n) is 3.53. The number of hydrogen-bond acceptors (Lipinski definition) is 5. The van der Waals surface area contributed by atoms with E-state index in [1.807, 2.05) is 76.9 Å². The number of carbonyl (C=O) groups excluding carboxylic acids is 1. The zero-order valence-electron chi connectivity index (χ0n) is 16.8. The lowest BCUT2D eigenvalue weighted by molar-refractivity contribution is -0.121. The van der Waals surface area contributed by atoms with Crippen molar-refractivity contribution in [3.63, 3.8) is 0 Å². The van der Waals surface area contributed by atoms with Crippen molar-refractivity contribution in [1.82, 2.24) is 15.1 Å². The van der Waals surface area contributed by atoms with E-state index in [1.165, 1.54) is 0 Å². The molecule has 0 fully saturated rings. The Bertz CT molecular complexity index is 1190. The van der Waals surface area contributed by atoms with Gasteiger partial charge >= 0.3 is 0 Å². The summed E-state index contributed by atoms with van der Waals surface area (Å²) in [5.74, 6) is 1.48. The van der Waals surface area contributed by atoms with Crippen LogP contribution >= 0.6 is 11.3 Å². The molecule has 1 amide bonds. The number of nitrogens with zero attached hydrogens (tertiary/aromatic N) is 2. The van der Waals surface area contributed by atoms with E-state index in [2.05, 4.69) is 5.32 Å². The van der Waals surface area contributed by atoms with Crippen molar-refractivity contribution in [1.29, 1.82) is 0 Å². The Balaban J connectivity index is 1.38. The van der Waals surface area contributed by atoms with Crippen molar-refractivity contribution >= 4 is 17.2 Å². The topological polar surface area (TPSA) is 65.4 Å². The van der Waals surface area contributed by atoms with Crippen LogP contribution in [0.15, 0.2) is 72.2 Å². The summed E-state index contributed by atoms with van der Waals surface area (Å²) in [6, 6.07) is 19.8. The number of amides is 1. The molecule has 5 rings (SSSR count). The van der Waals surface area contributed by atoms with Crippen LogP contribution < -0.4 is 14.8 Å². The molecule has 4 aromatic rings. The first kappa shape index (κ1) is 19.4. The summed E-state index contributed by atoms with van der Waals surface area (Å²) in [6.45, 7) is 0.795. The summed E-state index contributed by atoms with van der Waals surface area (Å²) in [6.07, 6.45) is 2.98. The van der Waals surface area contributed by atoms with Gasteiger partial charge < -0.3 is 14.8 Å². The normalized spacial score (nSPS) is 12.1. The predicted octanol–water partition coefficient (Wildman–Crippen LogP) is 4.58. The second kappa shape index (κ2) is 8.65. The average Bonchev–Trinajstić information content (AvgIpc) is 3.57. The second-order valence-electron chi connectivity index (χ2n) is 7.21. The van der Waals surface area contributed by atoms with Gasteiger partial charge in [-0.05, 0) is 53.8 Å². The molecule has 0 saturated carbocycles. The number of ether oxygens (including phenoxy) is 2. The standard InChI is InChI=1S/C24H21N3O3S/c28-23(25-14-20-7-4-12-31-20)11-9-18-15-27(19-5-2-1-3-6-19)26-24(18)17-8-10-21-22(13-17)30-16-29-21/h1-8,10,12-13,15H,9,11,14,16H2,(H,25,28). The van der Waals surface area contributed by atoms with E-state index in [-0.39, 0.29) is 12.7 Å². The van der Waals surface area contributed by atoms with Crippen molar-refractivity contribution in [3.8, 4) is 28.4 Å². The number of thiophene rings is 1. The number of hydrogen-bond donors (Lipinski definition) is 1. The SMILES string of the molecule is O=C(CCc1cn(-c2ccccc2)nc1-c1ccc2c(c1)OCO2)NCc1cccs1. The first-order chi connectivity index (χ1) is 15.3. The number of fused-ring (bicyclic) bond motifs is 1. The van der Waals surface area contributed by atoms with Crippen molar-refractivity contribution in [2.45, 2.75) is 19.4 Å². The van der Waals surface area contributed by atoms with Gasteiger partial charge in [-0.3, -0.25) is 4.79 Å². The van der Waals surface area contributed by atoms with Gasteiger partial charge in [-0.25, -0.2) is 4.68 Å². The highest BCUT2D eigenvalue weighted by Gasteiger charge is 2.18. The fraction of sp³-hybridized carbons (Fsp3) is 0.167. The summed E-state index contributed by atoms with van der Waals surface area (Å²) in [5.41, 5.74) is 3.76. The Labute approximate surface area is 184 Å². The molecule has 1 aliphatic rings. The Kier molecular flexibility index (Phi) is 5.41. The van der Waals surface area contributed by atoms with Crippen LogP contribution in [0.4, 0.5) is 0 Å². The molecule has 3 heterocycles. The molecule has 6 nitrogen and oxygen atoms in total. The highest BCUT2D eigenvalue weighted by molar-refractivity contribution is 7.09. The van der Waals surface area contributed by atoms with Crippen molar-refractivity contribution in [2.75, 3.05) is 6.79 Å². The summed E-state index contributed by atoms with van der Waals surface area (Å²) in [4.78, 5) is 13.6. The summed E-state index contributed by atoms with van der Waals surface area (Å²) >= 11 is 1.64. The third-order valence-corrected chi connectivity index (χ3v) is 5.99. The third-order valence-electron chi connectivity index (χ3n) is 5.12. The number of benzene rings is 2. The molecule has 0 spiro atoms. The third kappa shape index (κ3) is 4.32. The molecule has 0 aliphatic carbocycles. The van der Waals surface area contributed by atoms with Crippen LogP contribution in [0.25, 0.3) is 16.9 Å². The van der Waals surface area contributed by atoms with Gasteiger partial charge in [0.05, 0.1) is 17.9 Å². The van der Waals surface area contributed by atoms with Gasteiger partial charge in [-0.15, -0.1) is 11.3 Å². The van der Waals surface area contributed by atoms with Gasteiger partial charge in [-0.2, -0.15) is 5.10 Å². The van der Waals surface area contributed by atoms with E-state index in [4.69, 9.17) is 14.6 Å². The molecule has 0 atom stereocenters. The maximum Gasteiger partial charge on any atom is 0.231 e. The summed E-state index contributed by atoms with van der Waals surface area (Å²) in [5, 5.41) is 9.84. The first-order valence-electron chi connectivity index (χ1n) is 10.1. The van der Waals surface area contributed by atoms with Crippen molar-refractivity contribution in [3.05, 3.63) is 82.7 Å². The number of para-hydroxylation sites is 1. The average molecular weight is 432 g/mol. The van der Waals surface area contributed by atoms with Crippen LogP contribution in [0.3, 0.4) is 0 Å². The van der Waals surface area contributed by atoms with E-state index in [0.717, 1.165) is 33.1 Å². The van der Waals surface area contributed by atoms with Gasteiger partial charge in [0.25, 0.3) is 0 Å². The largest absolute Gasteiger partial charge is 0.454 e. The Hall–Kier alpha value is -3.58. The van der Waals surface area contributed by atoms with E-state index < -0.39 is 0 Å². The maximum atomic E-state index is 12.4. The molecule has 0 radical (unpaired) electrons. The Morgan fingerprint density at radius 3 is 2.77 bits per heavy atom. The monoisotopic (exact) mass is 431 g/mol. The molecular weight excluding hydrogens is 410 g/mol. The molecule has 1 N–H and O–H groups in total. The van der Waals surface area contributed by atoms with Crippen LogP contribution in [0, 0.1) is 0 Å². The molecule has 31 heavy (non-hydrogen) atoms. The smallest absolute Gasteiger partial charge is 0.231 e. The van der Waals surface area contributed by atoms with Crippen LogP contribution in [0.5, 0.6) is 11.5 Å². The minimum Gasteiger partial charge on any atom is -0.454 e. The Morgan fingerprint density at radius 2 is 1.94 bits per heavy atom. The molecule has 2 aromatic heterocycles. The molecule has 2 aromatic carbocycles.